The van der Waals surface area contributed by atoms with Crippen molar-refractivity contribution in [3.63, 3.8) is 0 Å². The second-order valence-corrected chi connectivity index (χ2v) is 4.71. The number of nitrogens with one attached hydrogen (secondary N) is 1. The van der Waals surface area contributed by atoms with E-state index in [-0.39, 0.29) is 17.4 Å². The lowest BCUT2D eigenvalue weighted by Crippen LogP contribution is -2.10. The largest absolute Gasteiger partial charge is 0.508 e. The third-order valence-corrected chi connectivity index (χ3v) is 3.34. The molecule has 0 saturated carbocycles. The van der Waals surface area contributed by atoms with Gasteiger partial charge in [0.25, 0.3) is 0 Å². The Kier molecular flexibility index (Phi) is 3.94. The van der Waals surface area contributed by atoms with Crippen LogP contribution in [0.5, 0.6) is 5.75 Å². The van der Waals surface area contributed by atoms with E-state index in [1.807, 2.05) is 25.1 Å². The Morgan fingerprint density at radius 2 is 1.85 bits per heavy atom. The number of hydrogen-bond acceptors (Lipinski definition) is 3. The van der Waals surface area contributed by atoms with Crippen molar-refractivity contribution in [1.82, 2.24) is 0 Å². The van der Waals surface area contributed by atoms with Gasteiger partial charge in [-0.15, -0.1) is 0 Å². The first-order valence-electron chi connectivity index (χ1n) is 6.38. The van der Waals surface area contributed by atoms with E-state index in [4.69, 9.17) is 5.11 Å². The molecule has 20 heavy (non-hydrogen) atoms. The van der Waals surface area contributed by atoms with Crippen LogP contribution in [0.1, 0.15) is 34.5 Å². The van der Waals surface area contributed by atoms with E-state index in [2.05, 4.69) is 5.32 Å². The minimum atomic E-state index is -0.943. The van der Waals surface area contributed by atoms with Crippen LogP contribution in [-0.4, -0.2) is 16.2 Å². The fraction of sp³-hybridized carbons (Fsp3) is 0.188. The number of aromatic hydroxyl groups is 1. The van der Waals surface area contributed by atoms with E-state index in [0.717, 1.165) is 11.3 Å². The molecular formula is C16H17NO3. The van der Waals surface area contributed by atoms with Crippen LogP contribution in [0.3, 0.4) is 0 Å². The Balaban J connectivity index is 2.29. The van der Waals surface area contributed by atoms with Gasteiger partial charge < -0.3 is 15.5 Å². The molecule has 0 spiro atoms. The van der Waals surface area contributed by atoms with Crippen molar-refractivity contribution in [3.05, 3.63) is 59.2 Å². The van der Waals surface area contributed by atoms with Crippen molar-refractivity contribution in [1.29, 1.82) is 0 Å². The Labute approximate surface area is 117 Å². The summed E-state index contributed by atoms with van der Waals surface area (Å²) in [4.78, 5) is 11.1. The van der Waals surface area contributed by atoms with Gasteiger partial charge in [-0.25, -0.2) is 4.79 Å². The Bertz CT molecular complexity index is 637. The molecule has 3 N–H and O–H groups in total. The highest BCUT2D eigenvalue weighted by Gasteiger charge is 2.14. The summed E-state index contributed by atoms with van der Waals surface area (Å²) in [6.07, 6.45) is 0. The first kappa shape index (κ1) is 13.9. The monoisotopic (exact) mass is 271 g/mol. The number of carbonyl (C=O) groups is 1. The smallest absolute Gasteiger partial charge is 0.336 e. The molecule has 1 unspecified atom stereocenters. The van der Waals surface area contributed by atoms with Crippen LogP contribution in [0, 0.1) is 6.92 Å². The summed E-state index contributed by atoms with van der Waals surface area (Å²) in [5.41, 5.74) is 2.48. The fourth-order valence-electron chi connectivity index (χ4n) is 2.19. The molecule has 2 rings (SSSR count). The zero-order valence-corrected chi connectivity index (χ0v) is 11.4. The molecule has 0 amide bonds. The van der Waals surface area contributed by atoms with Crippen LogP contribution in [0.2, 0.25) is 0 Å². The van der Waals surface area contributed by atoms with Gasteiger partial charge in [-0.05, 0) is 37.6 Å². The predicted octanol–water partition coefficient (Wildman–Crippen LogP) is 3.57. The van der Waals surface area contributed by atoms with Gasteiger partial charge in [-0.1, -0.05) is 24.3 Å². The molecule has 1 atom stereocenters. The average Bonchev–Trinajstić information content (AvgIpc) is 2.41. The van der Waals surface area contributed by atoms with Crippen molar-refractivity contribution in [2.45, 2.75) is 19.9 Å². The minimum absolute atomic E-state index is 0.126. The van der Waals surface area contributed by atoms with E-state index < -0.39 is 5.97 Å². The third kappa shape index (κ3) is 2.74. The van der Waals surface area contributed by atoms with Crippen molar-refractivity contribution in [2.75, 3.05) is 5.32 Å². The molecule has 0 aromatic heterocycles. The van der Waals surface area contributed by atoms with E-state index in [1.165, 1.54) is 0 Å². The number of para-hydroxylation sites is 1. The molecule has 0 heterocycles. The Morgan fingerprint density at radius 3 is 2.50 bits per heavy atom. The van der Waals surface area contributed by atoms with E-state index in [9.17, 15) is 9.90 Å². The first-order chi connectivity index (χ1) is 9.50. The standard InChI is InChI=1S/C16H17NO3/c1-10-12(16(19)20)7-5-8-14(10)17-11(2)13-6-3-4-9-15(13)18/h3-9,11,17-18H,1-2H3,(H,19,20). The van der Waals surface area contributed by atoms with Crippen molar-refractivity contribution in [3.8, 4) is 5.75 Å². The number of carboxylic acids is 1. The molecule has 0 aliphatic carbocycles. The number of aromatic carboxylic acids is 1. The molecule has 0 aliphatic rings. The molecule has 0 saturated heterocycles. The molecular weight excluding hydrogens is 254 g/mol. The van der Waals surface area contributed by atoms with Crippen LogP contribution in [0.15, 0.2) is 42.5 Å². The van der Waals surface area contributed by atoms with Crippen molar-refractivity contribution >= 4 is 11.7 Å². The fourth-order valence-corrected chi connectivity index (χ4v) is 2.19. The predicted molar refractivity (Wildman–Crippen MR) is 78.3 cm³/mol. The summed E-state index contributed by atoms with van der Waals surface area (Å²) in [7, 11) is 0. The van der Waals surface area contributed by atoms with E-state index in [1.54, 1.807) is 31.2 Å². The number of anilines is 1. The van der Waals surface area contributed by atoms with Crippen LogP contribution in [-0.2, 0) is 0 Å². The maximum atomic E-state index is 11.1. The Hall–Kier alpha value is -2.49. The minimum Gasteiger partial charge on any atom is -0.508 e. The summed E-state index contributed by atoms with van der Waals surface area (Å²) in [5.74, 6) is -0.721. The van der Waals surface area contributed by atoms with Crippen LogP contribution in [0.25, 0.3) is 0 Å². The summed E-state index contributed by atoms with van der Waals surface area (Å²) < 4.78 is 0. The molecule has 0 fully saturated rings. The lowest BCUT2D eigenvalue weighted by Gasteiger charge is -2.19. The SMILES string of the molecule is Cc1c(NC(C)c2ccccc2O)cccc1C(=O)O. The molecule has 4 nitrogen and oxygen atoms in total. The van der Waals surface area contributed by atoms with E-state index >= 15 is 0 Å². The van der Waals surface area contributed by atoms with Crippen LogP contribution < -0.4 is 5.32 Å². The summed E-state index contributed by atoms with van der Waals surface area (Å²) >= 11 is 0. The van der Waals surface area contributed by atoms with Crippen molar-refractivity contribution in [2.24, 2.45) is 0 Å². The number of carboxylic acid groups (broad SMARTS) is 1. The molecule has 4 heteroatoms. The Morgan fingerprint density at radius 1 is 1.15 bits per heavy atom. The molecule has 2 aromatic carbocycles. The van der Waals surface area contributed by atoms with Gasteiger partial charge in [0.05, 0.1) is 11.6 Å². The highest BCUT2D eigenvalue weighted by molar-refractivity contribution is 5.91. The second kappa shape index (κ2) is 5.65. The zero-order valence-electron chi connectivity index (χ0n) is 11.4. The number of phenols is 1. The highest BCUT2D eigenvalue weighted by Crippen LogP contribution is 2.28. The summed E-state index contributed by atoms with van der Waals surface area (Å²) in [5, 5.41) is 22.2. The lowest BCUT2D eigenvalue weighted by molar-refractivity contribution is 0.0696. The summed E-state index contributed by atoms with van der Waals surface area (Å²) in [6, 6.07) is 12.1. The number of hydrogen-bond donors (Lipinski definition) is 3. The maximum Gasteiger partial charge on any atom is 0.336 e. The molecule has 104 valence electrons. The van der Waals surface area contributed by atoms with Gasteiger partial charge in [0, 0.05) is 11.3 Å². The maximum absolute atomic E-state index is 11.1. The lowest BCUT2D eigenvalue weighted by atomic mass is 10.0. The van der Waals surface area contributed by atoms with Crippen LogP contribution in [0.4, 0.5) is 5.69 Å². The highest BCUT2D eigenvalue weighted by atomic mass is 16.4. The number of rotatable bonds is 4. The topological polar surface area (TPSA) is 69.6 Å². The van der Waals surface area contributed by atoms with Gasteiger partial charge in [-0.3, -0.25) is 0 Å². The quantitative estimate of drug-likeness (QED) is 0.795. The first-order valence-corrected chi connectivity index (χ1v) is 6.38. The van der Waals surface area contributed by atoms with Crippen molar-refractivity contribution < 1.29 is 15.0 Å². The normalized spacial score (nSPS) is 11.9. The molecule has 0 radical (unpaired) electrons. The second-order valence-electron chi connectivity index (χ2n) is 4.71. The van der Waals surface area contributed by atoms with Gasteiger partial charge >= 0.3 is 5.97 Å². The molecule has 0 aliphatic heterocycles. The third-order valence-electron chi connectivity index (χ3n) is 3.34. The van der Waals surface area contributed by atoms with Gasteiger partial charge in [0.1, 0.15) is 5.75 Å². The summed E-state index contributed by atoms with van der Waals surface area (Å²) in [6.45, 7) is 3.69. The van der Waals surface area contributed by atoms with E-state index in [0.29, 0.717) is 5.56 Å². The number of benzene rings is 2. The average molecular weight is 271 g/mol. The molecule has 2 aromatic rings. The van der Waals surface area contributed by atoms with Crippen LogP contribution >= 0.6 is 0 Å². The molecule has 0 bridgehead atoms. The number of phenolic OH excluding ortho intramolecular Hbond substituents is 1. The van der Waals surface area contributed by atoms with Gasteiger partial charge in [-0.2, -0.15) is 0 Å². The van der Waals surface area contributed by atoms with Gasteiger partial charge in [0.2, 0.25) is 0 Å². The zero-order chi connectivity index (χ0) is 14.7. The van der Waals surface area contributed by atoms with Gasteiger partial charge in [0.15, 0.2) is 0 Å².